The summed E-state index contributed by atoms with van der Waals surface area (Å²) in [6, 6.07) is 7.19. The molecule has 8 heteroatoms. The molecule has 186 valence electrons. The molecule has 0 bridgehead atoms. The van der Waals surface area contributed by atoms with Crippen molar-refractivity contribution in [2.45, 2.75) is 39.5 Å². The van der Waals surface area contributed by atoms with E-state index in [1.807, 2.05) is 24.3 Å². The summed E-state index contributed by atoms with van der Waals surface area (Å²) < 4.78 is 39.1. The Hall–Kier alpha value is -3.65. The van der Waals surface area contributed by atoms with Crippen molar-refractivity contribution < 1.29 is 23.0 Å². The summed E-state index contributed by atoms with van der Waals surface area (Å²) in [5.74, 6) is -0.254. The molecule has 1 unspecified atom stereocenters. The van der Waals surface area contributed by atoms with E-state index in [0.717, 1.165) is 41.0 Å². The van der Waals surface area contributed by atoms with Crippen LogP contribution in [0, 0.1) is 11.6 Å². The number of fused-ring (bicyclic) bond motifs is 1. The molecular weight excluding hydrogens is 452 g/mol. The Morgan fingerprint density at radius 3 is 2.80 bits per heavy atom. The first kappa shape index (κ1) is 26.0. The van der Waals surface area contributed by atoms with Crippen LogP contribution in [0.15, 0.2) is 60.5 Å². The summed E-state index contributed by atoms with van der Waals surface area (Å²) in [5, 5.41) is 8.95. The van der Waals surface area contributed by atoms with Crippen molar-refractivity contribution in [3.8, 4) is 5.75 Å². The molecule has 2 aliphatic rings. The highest BCUT2D eigenvalue weighted by Crippen LogP contribution is 2.39. The Bertz CT molecular complexity index is 1130. The minimum absolute atomic E-state index is 0.0789. The van der Waals surface area contributed by atoms with Crippen LogP contribution in [0.5, 0.6) is 5.75 Å². The van der Waals surface area contributed by atoms with E-state index >= 15 is 0 Å². The number of amides is 1. The van der Waals surface area contributed by atoms with Crippen LogP contribution in [-0.4, -0.2) is 26.4 Å². The molecule has 3 N–H and O–H groups in total. The van der Waals surface area contributed by atoms with Crippen LogP contribution in [0.25, 0.3) is 5.57 Å². The van der Waals surface area contributed by atoms with Gasteiger partial charge in [-0.25, -0.2) is 8.78 Å². The number of carbonyl (C=O) groups excluding carboxylic acids is 1. The molecule has 35 heavy (non-hydrogen) atoms. The van der Waals surface area contributed by atoms with Crippen LogP contribution in [0.4, 0.5) is 14.5 Å². The first-order valence-corrected chi connectivity index (χ1v) is 11.6. The predicted octanol–water partition coefficient (Wildman–Crippen LogP) is 5.03. The molecule has 1 atom stereocenters. The minimum Gasteiger partial charge on any atom is -0.493 e. The Labute approximate surface area is 204 Å². The molecule has 6 nitrogen and oxygen atoms in total. The lowest BCUT2D eigenvalue weighted by Crippen LogP contribution is -2.31. The van der Waals surface area contributed by atoms with Gasteiger partial charge < -0.3 is 25.4 Å². The molecule has 0 fully saturated rings. The molecule has 0 aliphatic carbocycles. The maximum absolute atomic E-state index is 14.2. The fourth-order valence-corrected chi connectivity index (χ4v) is 3.80. The number of nitrogens with one attached hydrogen (secondary N) is 3. The zero-order chi connectivity index (χ0) is 25.2. The molecule has 1 amide bonds. The zero-order valence-electron chi connectivity index (χ0n) is 20.2. The molecule has 0 saturated heterocycles. The van der Waals surface area contributed by atoms with E-state index in [-0.39, 0.29) is 12.1 Å². The van der Waals surface area contributed by atoms with Gasteiger partial charge in [0.05, 0.1) is 6.61 Å². The van der Waals surface area contributed by atoms with Gasteiger partial charge in [-0.05, 0) is 48.2 Å². The summed E-state index contributed by atoms with van der Waals surface area (Å²) in [7, 11) is 1.58. The second-order valence-electron chi connectivity index (χ2n) is 8.01. The average Bonchev–Trinajstić information content (AvgIpc) is 3.33. The highest BCUT2D eigenvalue weighted by Gasteiger charge is 2.24. The molecule has 0 radical (unpaired) electrons. The maximum Gasteiger partial charge on any atom is 0.211 e. The first-order chi connectivity index (χ1) is 17.0. The van der Waals surface area contributed by atoms with E-state index in [1.54, 1.807) is 19.5 Å². The van der Waals surface area contributed by atoms with Gasteiger partial charge in [-0.2, -0.15) is 0 Å². The van der Waals surface area contributed by atoms with Gasteiger partial charge in [0.2, 0.25) is 6.41 Å². The Balaban J connectivity index is 0.00000108. The Morgan fingerprint density at radius 2 is 2.06 bits per heavy atom. The summed E-state index contributed by atoms with van der Waals surface area (Å²) in [6.45, 7) is 4.89. The van der Waals surface area contributed by atoms with Crippen LogP contribution in [0.3, 0.4) is 0 Å². The number of carbonyl (C=O) groups is 1. The summed E-state index contributed by atoms with van der Waals surface area (Å²) in [5.41, 5.74) is 4.10. The number of ether oxygens (including phenoxy) is 2. The monoisotopic (exact) mass is 483 g/mol. The maximum atomic E-state index is 14.2. The van der Waals surface area contributed by atoms with Crippen molar-refractivity contribution in [2.75, 3.05) is 19.0 Å². The van der Waals surface area contributed by atoms with Gasteiger partial charge in [0.1, 0.15) is 17.4 Å². The number of hydrogen-bond donors (Lipinski definition) is 3. The number of benzene rings is 2. The van der Waals surface area contributed by atoms with Gasteiger partial charge in [-0.1, -0.05) is 26.3 Å². The molecule has 2 aliphatic heterocycles. The van der Waals surface area contributed by atoms with Crippen molar-refractivity contribution in [3.05, 3.63) is 88.8 Å². The molecule has 0 aromatic heterocycles. The fourth-order valence-electron chi connectivity index (χ4n) is 3.80. The lowest BCUT2D eigenvalue weighted by Gasteiger charge is -2.26. The van der Waals surface area contributed by atoms with Crippen molar-refractivity contribution in [2.24, 2.45) is 0 Å². The highest BCUT2D eigenvalue weighted by atomic mass is 19.1. The second kappa shape index (κ2) is 12.7. The second-order valence-corrected chi connectivity index (χ2v) is 8.01. The van der Waals surface area contributed by atoms with E-state index in [4.69, 9.17) is 9.47 Å². The zero-order valence-corrected chi connectivity index (χ0v) is 20.2. The fraction of sp³-hybridized carbons (Fsp3) is 0.296. The minimum atomic E-state index is -0.505. The molecule has 2 aromatic rings. The summed E-state index contributed by atoms with van der Waals surface area (Å²) in [6.07, 6.45) is 9.19. The average molecular weight is 484 g/mol. The number of allylic oxidation sites excluding steroid dienone is 2. The third kappa shape index (κ3) is 6.48. The van der Waals surface area contributed by atoms with Crippen molar-refractivity contribution in [3.63, 3.8) is 0 Å². The van der Waals surface area contributed by atoms with Gasteiger partial charge in [-0.15, -0.1) is 0 Å². The van der Waals surface area contributed by atoms with Crippen molar-refractivity contribution in [1.82, 2.24) is 10.6 Å². The molecular formula is C27H31F2N3O3. The van der Waals surface area contributed by atoms with E-state index in [2.05, 4.69) is 29.8 Å². The summed E-state index contributed by atoms with van der Waals surface area (Å²) >= 11 is 0. The topological polar surface area (TPSA) is 71.6 Å². The Morgan fingerprint density at radius 1 is 1.26 bits per heavy atom. The van der Waals surface area contributed by atoms with Gasteiger partial charge >= 0.3 is 0 Å². The molecule has 0 spiro atoms. The Kier molecular flexibility index (Phi) is 9.43. The van der Waals surface area contributed by atoms with E-state index in [9.17, 15) is 13.6 Å². The number of anilines is 1. The molecule has 2 aromatic carbocycles. The van der Waals surface area contributed by atoms with E-state index in [1.165, 1.54) is 12.5 Å². The predicted molar refractivity (Wildman–Crippen MR) is 134 cm³/mol. The number of hydrogen-bond acceptors (Lipinski definition) is 5. The molecule has 2 heterocycles. The lowest BCUT2D eigenvalue weighted by atomic mass is 9.92. The smallest absolute Gasteiger partial charge is 0.211 e. The van der Waals surface area contributed by atoms with Gasteiger partial charge in [0.15, 0.2) is 6.23 Å². The summed E-state index contributed by atoms with van der Waals surface area (Å²) in [4.78, 5) is 11.1. The third-order valence-corrected chi connectivity index (χ3v) is 5.34. The number of rotatable bonds is 8. The van der Waals surface area contributed by atoms with Crippen LogP contribution in [0.1, 0.15) is 37.0 Å². The highest BCUT2D eigenvalue weighted by molar-refractivity contribution is 5.88. The van der Waals surface area contributed by atoms with Gasteiger partial charge in [0.25, 0.3) is 0 Å². The van der Waals surface area contributed by atoms with Crippen molar-refractivity contribution >= 4 is 17.7 Å². The van der Waals surface area contributed by atoms with Crippen LogP contribution in [0.2, 0.25) is 0 Å². The van der Waals surface area contributed by atoms with E-state index < -0.39 is 17.9 Å². The number of halogens is 2. The van der Waals surface area contributed by atoms with E-state index in [0.29, 0.717) is 24.3 Å². The molecule has 4 rings (SSSR count). The standard InChI is InChI=1S/C24H23F2N3O3.C3H8/c1-31-24-18(3-2-7-28-24)20(13-27-14-30)19-11-23-15(6-8-32-23)10-22(19)29-12-16-9-17(25)4-5-21(16)26;1-3-2/h2-5,7,9-11,13-14,24,28-29H,6,8,12H2,1H3,(H,27,30);3H2,1-2H3/b20-13+;. The largest absolute Gasteiger partial charge is 0.493 e. The SMILES string of the molecule is CCC.COC1NC=CC=C1/C(=C\NC=O)c1cc2c(cc1NCc1cc(F)ccc1F)CCO2. The van der Waals surface area contributed by atoms with Crippen LogP contribution in [-0.2, 0) is 22.5 Å². The van der Waals surface area contributed by atoms with Gasteiger partial charge in [0, 0.05) is 54.2 Å². The lowest BCUT2D eigenvalue weighted by molar-refractivity contribution is -0.108. The van der Waals surface area contributed by atoms with Crippen LogP contribution >= 0.6 is 0 Å². The number of dihydropyridines is 1. The quantitative estimate of drug-likeness (QED) is 0.460. The third-order valence-electron chi connectivity index (χ3n) is 5.34. The van der Waals surface area contributed by atoms with Crippen molar-refractivity contribution in [1.29, 1.82) is 0 Å². The van der Waals surface area contributed by atoms with Gasteiger partial charge in [-0.3, -0.25) is 4.79 Å². The number of methoxy groups -OCH3 is 1. The first-order valence-electron chi connectivity index (χ1n) is 11.6. The molecule has 0 saturated carbocycles. The normalized spacial score (nSPS) is 16.2. The van der Waals surface area contributed by atoms with Crippen LogP contribution < -0.4 is 20.7 Å².